The molecule has 0 spiro atoms. The summed E-state index contributed by atoms with van der Waals surface area (Å²) >= 11 is 0. The van der Waals surface area contributed by atoms with Crippen LogP contribution in [0.15, 0.2) is 42.5 Å². The van der Waals surface area contributed by atoms with Gasteiger partial charge in [0.2, 0.25) is 0 Å². The zero-order valence-corrected chi connectivity index (χ0v) is 14.9. The fourth-order valence-corrected chi connectivity index (χ4v) is 3.42. The summed E-state index contributed by atoms with van der Waals surface area (Å²) in [4.78, 5) is 17.2. The number of carbonyl (C=O) groups is 1. The third-order valence-electron chi connectivity index (χ3n) is 4.78. The fraction of sp³-hybridized carbons (Fsp3) is 0.381. The summed E-state index contributed by atoms with van der Waals surface area (Å²) in [6.07, 6.45) is 0. The normalized spacial score (nSPS) is 15.5. The second-order valence-corrected chi connectivity index (χ2v) is 6.87. The summed E-state index contributed by atoms with van der Waals surface area (Å²) in [5.74, 6) is 0.164. The second kappa shape index (κ2) is 7.18. The molecule has 0 aromatic heterocycles. The third-order valence-corrected chi connectivity index (χ3v) is 4.78. The minimum atomic E-state index is 0.164. The summed E-state index contributed by atoms with van der Waals surface area (Å²) in [5.41, 5.74) is 5.84. The van der Waals surface area contributed by atoms with Crippen molar-refractivity contribution in [3.63, 3.8) is 0 Å². The van der Waals surface area contributed by atoms with Gasteiger partial charge < -0.3 is 4.90 Å². The lowest BCUT2D eigenvalue weighted by molar-refractivity contribution is 0.0628. The number of carbonyl (C=O) groups excluding carboxylic acids is 1. The van der Waals surface area contributed by atoms with E-state index in [9.17, 15) is 4.79 Å². The molecule has 1 aliphatic heterocycles. The maximum Gasteiger partial charge on any atom is 0.253 e. The molecule has 0 bridgehead atoms. The van der Waals surface area contributed by atoms with Crippen LogP contribution in [-0.2, 0) is 6.54 Å². The average Bonchev–Trinajstić information content (AvgIpc) is 2.56. The van der Waals surface area contributed by atoms with E-state index in [4.69, 9.17) is 0 Å². The van der Waals surface area contributed by atoms with E-state index in [2.05, 4.69) is 42.2 Å². The zero-order valence-electron chi connectivity index (χ0n) is 14.9. The summed E-state index contributed by atoms with van der Waals surface area (Å²) < 4.78 is 0. The van der Waals surface area contributed by atoms with E-state index in [1.807, 2.05) is 30.9 Å². The van der Waals surface area contributed by atoms with Crippen molar-refractivity contribution in [2.45, 2.75) is 27.3 Å². The first-order valence-corrected chi connectivity index (χ1v) is 8.67. The van der Waals surface area contributed by atoms with Crippen LogP contribution in [0.5, 0.6) is 0 Å². The minimum Gasteiger partial charge on any atom is -0.336 e. The van der Waals surface area contributed by atoms with Gasteiger partial charge in [-0.2, -0.15) is 0 Å². The first-order valence-electron chi connectivity index (χ1n) is 8.67. The Balaban J connectivity index is 1.60. The van der Waals surface area contributed by atoms with Crippen LogP contribution in [-0.4, -0.2) is 41.9 Å². The van der Waals surface area contributed by atoms with Crippen LogP contribution >= 0.6 is 0 Å². The van der Waals surface area contributed by atoms with Crippen molar-refractivity contribution in [2.75, 3.05) is 26.2 Å². The molecule has 0 N–H and O–H groups in total. The van der Waals surface area contributed by atoms with Gasteiger partial charge in [0.25, 0.3) is 5.91 Å². The van der Waals surface area contributed by atoms with Crippen LogP contribution < -0.4 is 0 Å². The molecule has 0 aliphatic carbocycles. The van der Waals surface area contributed by atoms with Gasteiger partial charge in [-0.1, -0.05) is 41.5 Å². The number of hydrogen-bond donors (Lipinski definition) is 0. The van der Waals surface area contributed by atoms with Gasteiger partial charge in [-0.25, -0.2) is 0 Å². The lowest BCUT2D eigenvalue weighted by Crippen LogP contribution is -2.48. The molecule has 126 valence electrons. The van der Waals surface area contributed by atoms with Gasteiger partial charge in [0.15, 0.2) is 0 Å². The van der Waals surface area contributed by atoms with Crippen LogP contribution in [0.25, 0.3) is 0 Å². The number of piperazine rings is 1. The zero-order chi connectivity index (χ0) is 17.1. The van der Waals surface area contributed by atoms with E-state index in [1.165, 1.54) is 11.1 Å². The topological polar surface area (TPSA) is 23.6 Å². The second-order valence-electron chi connectivity index (χ2n) is 6.87. The number of rotatable bonds is 3. The Labute approximate surface area is 144 Å². The van der Waals surface area contributed by atoms with Gasteiger partial charge in [-0.05, 0) is 44.0 Å². The summed E-state index contributed by atoms with van der Waals surface area (Å²) in [5, 5.41) is 0. The highest BCUT2D eigenvalue weighted by Crippen LogP contribution is 2.15. The number of benzene rings is 2. The SMILES string of the molecule is Cc1cc(C)cc(C(=O)N2CCN(Cc3ccccc3C)CC2)c1. The molecule has 2 aromatic rings. The average molecular weight is 322 g/mol. The molecule has 3 rings (SSSR count). The molecule has 3 nitrogen and oxygen atoms in total. The molecule has 3 heteroatoms. The van der Waals surface area contributed by atoms with Crippen molar-refractivity contribution in [1.29, 1.82) is 0 Å². The number of aryl methyl sites for hydroxylation is 3. The Hall–Kier alpha value is -2.13. The highest BCUT2D eigenvalue weighted by atomic mass is 16.2. The summed E-state index contributed by atoms with van der Waals surface area (Å²) in [6.45, 7) is 10.7. The molecule has 0 unspecified atom stereocenters. The highest BCUT2D eigenvalue weighted by Gasteiger charge is 2.22. The van der Waals surface area contributed by atoms with Crippen molar-refractivity contribution in [2.24, 2.45) is 0 Å². The van der Waals surface area contributed by atoms with Crippen molar-refractivity contribution < 1.29 is 4.79 Å². The maximum absolute atomic E-state index is 12.7. The van der Waals surface area contributed by atoms with Crippen molar-refractivity contribution in [3.8, 4) is 0 Å². The Morgan fingerprint density at radius 2 is 1.54 bits per heavy atom. The monoisotopic (exact) mass is 322 g/mol. The van der Waals surface area contributed by atoms with Gasteiger partial charge in [0, 0.05) is 38.3 Å². The molecular weight excluding hydrogens is 296 g/mol. The van der Waals surface area contributed by atoms with Crippen LogP contribution in [0.1, 0.15) is 32.6 Å². The van der Waals surface area contributed by atoms with Gasteiger partial charge in [0.1, 0.15) is 0 Å². The van der Waals surface area contributed by atoms with Crippen molar-refractivity contribution in [3.05, 3.63) is 70.3 Å². The Morgan fingerprint density at radius 1 is 0.917 bits per heavy atom. The molecule has 1 fully saturated rings. The molecule has 2 aromatic carbocycles. The molecule has 1 heterocycles. The molecule has 0 saturated carbocycles. The molecule has 1 aliphatic rings. The Bertz CT molecular complexity index is 710. The highest BCUT2D eigenvalue weighted by molar-refractivity contribution is 5.94. The number of amides is 1. The van der Waals surface area contributed by atoms with Crippen LogP contribution in [0.2, 0.25) is 0 Å². The van der Waals surface area contributed by atoms with Crippen LogP contribution in [0.3, 0.4) is 0 Å². The van der Waals surface area contributed by atoms with Crippen LogP contribution in [0.4, 0.5) is 0 Å². The van der Waals surface area contributed by atoms with Crippen LogP contribution in [0, 0.1) is 20.8 Å². The lowest BCUT2D eigenvalue weighted by atomic mass is 10.1. The quantitative estimate of drug-likeness (QED) is 0.862. The van der Waals surface area contributed by atoms with E-state index in [-0.39, 0.29) is 5.91 Å². The molecule has 1 amide bonds. The molecule has 0 atom stereocenters. The predicted molar refractivity (Wildman–Crippen MR) is 98.3 cm³/mol. The van der Waals surface area contributed by atoms with Gasteiger partial charge in [0.05, 0.1) is 0 Å². The first-order chi connectivity index (χ1) is 11.5. The Morgan fingerprint density at radius 3 is 2.17 bits per heavy atom. The molecule has 0 radical (unpaired) electrons. The van der Waals surface area contributed by atoms with Crippen molar-refractivity contribution in [1.82, 2.24) is 9.80 Å². The molecule has 1 saturated heterocycles. The van der Waals surface area contributed by atoms with E-state index < -0.39 is 0 Å². The summed E-state index contributed by atoms with van der Waals surface area (Å²) in [6, 6.07) is 14.6. The van der Waals surface area contributed by atoms with E-state index in [0.29, 0.717) is 0 Å². The third kappa shape index (κ3) is 3.85. The summed E-state index contributed by atoms with van der Waals surface area (Å²) in [7, 11) is 0. The standard InChI is InChI=1S/C21H26N2O/c1-16-12-17(2)14-20(13-16)21(24)23-10-8-22(9-11-23)15-19-7-5-4-6-18(19)3/h4-7,12-14H,8-11,15H2,1-3H3. The smallest absolute Gasteiger partial charge is 0.253 e. The minimum absolute atomic E-state index is 0.164. The van der Waals surface area contributed by atoms with E-state index in [1.54, 1.807) is 0 Å². The van der Waals surface area contributed by atoms with Gasteiger partial charge >= 0.3 is 0 Å². The van der Waals surface area contributed by atoms with Crippen molar-refractivity contribution >= 4 is 5.91 Å². The maximum atomic E-state index is 12.7. The predicted octanol–water partition coefficient (Wildman–Crippen LogP) is 3.57. The van der Waals surface area contributed by atoms with E-state index in [0.717, 1.165) is 49.4 Å². The van der Waals surface area contributed by atoms with Gasteiger partial charge in [-0.15, -0.1) is 0 Å². The van der Waals surface area contributed by atoms with E-state index >= 15 is 0 Å². The Kier molecular flexibility index (Phi) is 5.00. The first kappa shape index (κ1) is 16.7. The lowest BCUT2D eigenvalue weighted by Gasteiger charge is -2.35. The molecule has 24 heavy (non-hydrogen) atoms. The van der Waals surface area contributed by atoms with Gasteiger partial charge in [-0.3, -0.25) is 9.69 Å². The fourth-order valence-electron chi connectivity index (χ4n) is 3.42. The number of nitrogens with zero attached hydrogens (tertiary/aromatic N) is 2. The molecular formula is C21H26N2O. The number of hydrogen-bond acceptors (Lipinski definition) is 2. The largest absolute Gasteiger partial charge is 0.336 e.